The molecule has 0 aliphatic heterocycles. The molecule has 7 heteroatoms. The maximum atomic E-state index is 11.7. The van der Waals surface area contributed by atoms with Gasteiger partial charge in [0.05, 0.1) is 17.1 Å². The zero-order valence-corrected chi connectivity index (χ0v) is 10.1. The Kier molecular flexibility index (Phi) is 3.10. The minimum absolute atomic E-state index is 0.159. The summed E-state index contributed by atoms with van der Waals surface area (Å²) < 4.78 is 6.80. The van der Waals surface area contributed by atoms with Gasteiger partial charge in [0.25, 0.3) is 5.56 Å². The number of nitro groups is 1. The smallest absolute Gasteiger partial charge is 0.404 e. The normalized spacial score (nSPS) is 10.4. The number of rotatable bonds is 3. The molecule has 0 aromatic carbocycles. The van der Waals surface area contributed by atoms with Crippen LogP contribution in [0.25, 0.3) is 0 Å². The average molecular weight is 299 g/mol. The van der Waals surface area contributed by atoms with Gasteiger partial charge in [-0.15, -0.1) is 0 Å². The Morgan fingerprint density at radius 1 is 1.41 bits per heavy atom. The molecule has 0 saturated carbocycles. The number of nitrogens with zero attached hydrogens (tertiary/aromatic N) is 2. The number of halogens is 1. The second-order valence-corrected chi connectivity index (χ2v) is 4.14. The Labute approximate surface area is 104 Å². The fraction of sp³-hybridized carbons (Fsp3) is 0.100. The number of pyridine rings is 1. The van der Waals surface area contributed by atoms with Crippen LogP contribution >= 0.6 is 15.9 Å². The first-order valence-electron chi connectivity index (χ1n) is 4.66. The molecule has 2 rings (SSSR count). The molecule has 0 saturated heterocycles. The van der Waals surface area contributed by atoms with Crippen molar-refractivity contribution in [3.8, 4) is 0 Å². The predicted molar refractivity (Wildman–Crippen MR) is 62.9 cm³/mol. The van der Waals surface area contributed by atoms with Crippen molar-refractivity contribution in [1.82, 2.24) is 4.57 Å². The van der Waals surface area contributed by atoms with E-state index in [0.29, 0.717) is 10.2 Å². The number of aromatic nitrogens is 1. The summed E-state index contributed by atoms with van der Waals surface area (Å²) >= 11 is 3.12. The third-order valence-electron chi connectivity index (χ3n) is 2.13. The third kappa shape index (κ3) is 2.44. The van der Waals surface area contributed by atoms with Crippen molar-refractivity contribution >= 4 is 21.8 Å². The fourth-order valence-corrected chi connectivity index (χ4v) is 1.73. The van der Waals surface area contributed by atoms with E-state index in [9.17, 15) is 14.9 Å². The van der Waals surface area contributed by atoms with Gasteiger partial charge in [-0.1, -0.05) is 0 Å². The average Bonchev–Trinajstić information content (AvgIpc) is 2.73. The van der Waals surface area contributed by atoms with Crippen LogP contribution in [0.15, 0.2) is 44.1 Å². The van der Waals surface area contributed by atoms with Gasteiger partial charge in [0.2, 0.25) is 0 Å². The highest BCUT2D eigenvalue weighted by Gasteiger charge is 2.12. The van der Waals surface area contributed by atoms with Gasteiger partial charge in [0.15, 0.2) is 0 Å². The molecule has 0 aliphatic carbocycles. The summed E-state index contributed by atoms with van der Waals surface area (Å²) in [7, 11) is 0. The van der Waals surface area contributed by atoms with Crippen LogP contribution in [0.2, 0.25) is 0 Å². The van der Waals surface area contributed by atoms with Crippen molar-refractivity contribution in [2.45, 2.75) is 6.54 Å². The van der Waals surface area contributed by atoms with E-state index >= 15 is 0 Å². The zero-order chi connectivity index (χ0) is 12.4. The molecule has 0 aliphatic rings. The lowest BCUT2D eigenvalue weighted by Crippen LogP contribution is -2.19. The lowest BCUT2D eigenvalue weighted by atomic mass is 10.4. The largest absolute Gasteiger partial charge is 0.433 e. The molecule has 0 spiro atoms. The topological polar surface area (TPSA) is 78.3 Å². The Hall–Kier alpha value is -1.89. The summed E-state index contributed by atoms with van der Waals surface area (Å²) in [4.78, 5) is 21.5. The molecule has 2 aromatic heterocycles. The fourth-order valence-electron chi connectivity index (χ4n) is 1.35. The third-order valence-corrected chi connectivity index (χ3v) is 2.73. The van der Waals surface area contributed by atoms with Crippen molar-refractivity contribution in [2.75, 3.05) is 0 Å². The number of furan rings is 1. The molecule has 17 heavy (non-hydrogen) atoms. The van der Waals surface area contributed by atoms with Crippen LogP contribution < -0.4 is 5.56 Å². The Morgan fingerprint density at radius 3 is 2.82 bits per heavy atom. The molecular formula is C10H7BrN2O4. The van der Waals surface area contributed by atoms with Gasteiger partial charge in [-0.2, -0.15) is 0 Å². The zero-order valence-electron chi connectivity index (χ0n) is 8.50. The minimum atomic E-state index is -0.618. The van der Waals surface area contributed by atoms with Gasteiger partial charge in [0.1, 0.15) is 10.7 Å². The first kappa shape index (κ1) is 11.6. The van der Waals surface area contributed by atoms with Crippen LogP contribution in [0.5, 0.6) is 0 Å². The second kappa shape index (κ2) is 4.54. The van der Waals surface area contributed by atoms with Gasteiger partial charge in [-0.3, -0.25) is 14.9 Å². The molecule has 0 N–H and O–H groups in total. The second-order valence-electron chi connectivity index (χ2n) is 3.29. The maximum Gasteiger partial charge on any atom is 0.433 e. The van der Waals surface area contributed by atoms with E-state index in [2.05, 4.69) is 15.9 Å². The van der Waals surface area contributed by atoms with Gasteiger partial charge in [-0.25, -0.2) is 0 Å². The predicted octanol–water partition coefficient (Wildman–Crippen LogP) is 2.16. The molecule has 2 heterocycles. The Bertz CT molecular complexity index is 617. The molecule has 6 nitrogen and oxygen atoms in total. The highest BCUT2D eigenvalue weighted by atomic mass is 79.9. The van der Waals surface area contributed by atoms with Crippen molar-refractivity contribution in [3.63, 3.8) is 0 Å². The lowest BCUT2D eigenvalue weighted by Gasteiger charge is -2.02. The molecule has 0 fully saturated rings. The highest BCUT2D eigenvalue weighted by Crippen LogP contribution is 2.16. The lowest BCUT2D eigenvalue weighted by molar-refractivity contribution is -0.402. The van der Waals surface area contributed by atoms with E-state index < -0.39 is 4.92 Å². The Morgan fingerprint density at radius 2 is 2.18 bits per heavy atom. The van der Waals surface area contributed by atoms with Crippen molar-refractivity contribution < 1.29 is 9.34 Å². The molecule has 88 valence electrons. The van der Waals surface area contributed by atoms with Crippen LogP contribution in [0.1, 0.15) is 5.76 Å². The van der Waals surface area contributed by atoms with Gasteiger partial charge in [0, 0.05) is 6.20 Å². The Balaban J connectivity index is 2.28. The van der Waals surface area contributed by atoms with Crippen LogP contribution in [0, 0.1) is 10.1 Å². The van der Waals surface area contributed by atoms with Crippen LogP contribution in [0.3, 0.4) is 0 Å². The molecule has 0 amide bonds. The first-order chi connectivity index (χ1) is 8.08. The molecule has 0 radical (unpaired) electrons. The van der Waals surface area contributed by atoms with Crippen molar-refractivity contribution in [2.24, 2.45) is 0 Å². The summed E-state index contributed by atoms with van der Waals surface area (Å²) in [5, 5.41) is 10.4. The van der Waals surface area contributed by atoms with E-state index in [1.165, 1.54) is 16.7 Å². The van der Waals surface area contributed by atoms with E-state index in [1.54, 1.807) is 18.3 Å². The summed E-state index contributed by atoms with van der Waals surface area (Å²) in [5.41, 5.74) is -0.216. The minimum Gasteiger partial charge on any atom is -0.404 e. The monoisotopic (exact) mass is 298 g/mol. The first-order valence-corrected chi connectivity index (χ1v) is 5.45. The van der Waals surface area contributed by atoms with Gasteiger partial charge >= 0.3 is 5.88 Å². The van der Waals surface area contributed by atoms with E-state index in [4.69, 9.17) is 4.42 Å². The van der Waals surface area contributed by atoms with Gasteiger partial charge in [-0.05, 0) is 34.1 Å². The van der Waals surface area contributed by atoms with Crippen LogP contribution in [-0.4, -0.2) is 9.49 Å². The molecular weight excluding hydrogens is 292 g/mol. The van der Waals surface area contributed by atoms with Gasteiger partial charge < -0.3 is 8.98 Å². The van der Waals surface area contributed by atoms with Crippen LogP contribution in [0.4, 0.5) is 5.88 Å². The summed E-state index contributed by atoms with van der Waals surface area (Å²) in [6, 6.07) is 6.07. The van der Waals surface area contributed by atoms with E-state index in [0.717, 1.165) is 0 Å². The summed E-state index contributed by atoms with van der Waals surface area (Å²) in [6.45, 7) is 0.159. The van der Waals surface area contributed by atoms with E-state index in [-0.39, 0.29) is 18.0 Å². The number of hydrogen-bond acceptors (Lipinski definition) is 4. The van der Waals surface area contributed by atoms with Crippen LogP contribution in [-0.2, 0) is 6.54 Å². The molecule has 0 bridgehead atoms. The quantitative estimate of drug-likeness (QED) is 0.642. The summed E-state index contributed by atoms with van der Waals surface area (Å²) in [5.74, 6) is 0.0277. The van der Waals surface area contributed by atoms with E-state index in [1.807, 2.05) is 0 Å². The molecule has 0 unspecified atom stereocenters. The standard InChI is InChI=1S/C10H7BrN2O4/c11-8-2-1-5-12(10(8)14)6-7-3-4-9(17-7)13(15)16/h1-5H,6H2. The van der Waals surface area contributed by atoms with Crippen molar-refractivity contribution in [3.05, 3.63) is 61.2 Å². The molecule has 2 aromatic rings. The maximum absolute atomic E-state index is 11.7. The molecule has 0 atom stereocenters. The summed E-state index contributed by atoms with van der Waals surface area (Å²) in [6.07, 6.45) is 1.58. The SMILES string of the molecule is O=c1c(Br)cccn1Cc1ccc([N+](=O)[O-])o1. The highest BCUT2D eigenvalue weighted by molar-refractivity contribution is 9.10. The van der Waals surface area contributed by atoms with Crippen molar-refractivity contribution in [1.29, 1.82) is 0 Å². The number of hydrogen-bond donors (Lipinski definition) is 0.